The number of benzene rings is 4. The molecule has 0 spiro atoms. The Balaban J connectivity index is 1.90. The van der Waals surface area contributed by atoms with Gasteiger partial charge in [-0.15, -0.1) is 0 Å². The fraction of sp³-hybridized carbons (Fsp3) is 0.143. The van der Waals surface area contributed by atoms with Gasteiger partial charge < -0.3 is 9.79 Å². The molecule has 4 aromatic carbocycles. The normalized spacial score (nSPS) is 11.9. The average Bonchev–Trinajstić information content (AvgIpc) is 2.81. The van der Waals surface area contributed by atoms with Crippen molar-refractivity contribution >= 4 is 13.6 Å². The number of hydrogen-bond acceptors (Lipinski definition) is 2. The average molecular weight is 458 g/mol. The van der Waals surface area contributed by atoms with Crippen molar-refractivity contribution in [3.63, 3.8) is 0 Å². The smallest absolute Gasteiger partial charge is 0.0215 e. The highest BCUT2D eigenvalue weighted by molar-refractivity contribution is 8.12. The van der Waals surface area contributed by atoms with Crippen molar-refractivity contribution in [3.8, 4) is 0 Å². The monoisotopic (exact) mass is 458 g/mol. The van der Waals surface area contributed by atoms with Crippen LogP contribution in [0.3, 0.4) is 0 Å². The second-order valence-corrected chi connectivity index (χ2v) is 17.3. The topological polar surface area (TPSA) is 46.1 Å². The molecule has 0 radical (unpaired) electrons. The summed E-state index contributed by atoms with van der Waals surface area (Å²) in [5.74, 6) is 0. The van der Waals surface area contributed by atoms with Crippen LogP contribution < -0.4 is 9.79 Å². The maximum Gasteiger partial charge on any atom is -0.0215 e. The second kappa shape index (κ2) is 10.5. The van der Waals surface area contributed by atoms with Gasteiger partial charge in [0, 0.05) is 0 Å². The van der Waals surface area contributed by atoms with Gasteiger partial charge in [-0.1, -0.05) is 121 Å². The quantitative estimate of drug-likeness (QED) is 0.292. The SMILES string of the molecule is [O-]P(Cc1ccccc1)(Cc1ccccc1)=P([O-])(Cc1ccccc1)Cc1ccccc1. The third-order valence-corrected chi connectivity index (χ3v) is 16.2. The standard InChI is InChI=1S/C28H28O2P2/c29-31(21-25-13-5-1-6-14-25,22-26-15-7-2-8-16-26)32(30,23-27-17-9-3-10-18-27)24-28-19-11-4-12-20-28/h1-20H,21-24H2/q-2. The molecule has 32 heavy (non-hydrogen) atoms. The van der Waals surface area contributed by atoms with Crippen LogP contribution >= 0.6 is 13.6 Å². The molecular weight excluding hydrogens is 430 g/mol. The fourth-order valence-corrected chi connectivity index (χ4v) is 13.5. The van der Waals surface area contributed by atoms with Crippen molar-refractivity contribution in [2.24, 2.45) is 0 Å². The van der Waals surface area contributed by atoms with E-state index in [4.69, 9.17) is 0 Å². The zero-order valence-electron chi connectivity index (χ0n) is 18.1. The molecule has 0 saturated heterocycles. The van der Waals surface area contributed by atoms with Crippen molar-refractivity contribution in [2.75, 3.05) is 0 Å². The van der Waals surface area contributed by atoms with Crippen LogP contribution in [0.1, 0.15) is 22.3 Å². The van der Waals surface area contributed by atoms with Gasteiger partial charge in [-0.05, 0) is 46.9 Å². The summed E-state index contributed by atoms with van der Waals surface area (Å²) in [6, 6.07) is 39.5. The van der Waals surface area contributed by atoms with Gasteiger partial charge >= 0.3 is 0 Å². The first-order valence-electron chi connectivity index (χ1n) is 10.9. The van der Waals surface area contributed by atoms with Crippen LogP contribution in [-0.2, 0) is 24.6 Å². The van der Waals surface area contributed by atoms with E-state index in [1.165, 1.54) is 0 Å². The van der Waals surface area contributed by atoms with Gasteiger partial charge in [0.2, 0.25) is 0 Å². The largest absolute Gasteiger partial charge is 0.829 e. The minimum atomic E-state index is -3.16. The molecule has 0 aliphatic carbocycles. The van der Waals surface area contributed by atoms with Crippen LogP contribution in [0.2, 0.25) is 0 Å². The van der Waals surface area contributed by atoms with Crippen molar-refractivity contribution in [1.29, 1.82) is 0 Å². The summed E-state index contributed by atoms with van der Waals surface area (Å²) in [5, 5.41) is 0. The highest BCUT2D eigenvalue weighted by Crippen LogP contribution is 2.72. The Hall–Kier alpha value is -2.34. The first-order valence-corrected chi connectivity index (χ1v) is 15.7. The Morgan fingerprint density at radius 2 is 0.531 bits per heavy atom. The minimum absolute atomic E-state index is 0.347. The van der Waals surface area contributed by atoms with Crippen LogP contribution in [0, 0.1) is 0 Å². The highest BCUT2D eigenvalue weighted by Gasteiger charge is 2.18. The van der Waals surface area contributed by atoms with Crippen molar-refractivity contribution in [3.05, 3.63) is 144 Å². The van der Waals surface area contributed by atoms with Gasteiger partial charge in [-0.3, -0.25) is 0 Å². The highest BCUT2D eigenvalue weighted by atomic mass is 31.8. The molecule has 4 rings (SSSR count). The zero-order chi connectivity index (χ0) is 22.3. The molecule has 0 amide bonds. The predicted molar refractivity (Wildman–Crippen MR) is 134 cm³/mol. The van der Waals surface area contributed by atoms with Gasteiger partial charge in [0.05, 0.1) is 0 Å². The Morgan fingerprint density at radius 3 is 0.719 bits per heavy atom. The lowest BCUT2D eigenvalue weighted by atomic mass is 10.2. The zero-order valence-corrected chi connectivity index (χ0v) is 19.9. The molecule has 2 nitrogen and oxygen atoms in total. The van der Waals surface area contributed by atoms with Crippen molar-refractivity contribution in [1.82, 2.24) is 0 Å². The lowest BCUT2D eigenvalue weighted by Gasteiger charge is -2.52. The molecule has 0 aliphatic heterocycles. The fourth-order valence-electron chi connectivity index (χ4n) is 4.10. The van der Waals surface area contributed by atoms with Crippen LogP contribution in [-0.4, -0.2) is 0 Å². The number of rotatable bonds is 8. The maximum atomic E-state index is 14.9. The third-order valence-electron chi connectivity index (χ3n) is 5.75. The maximum absolute atomic E-state index is 14.9. The molecule has 4 aromatic rings. The molecule has 0 unspecified atom stereocenters. The Kier molecular flexibility index (Phi) is 7.51. The summed E-state index contributed by atoms with van der Waals surface area (Å²) in [6.07, 6.45) is 1.39. The summed E-state index contributed by atoms with van der Waals surface area (Å²) in [4.78, 5) is 29.8. The van der Waals surface area contributed by atoms with Gasteiger partial charge in [-0.2, -0.15) is 13.6 Å². The lowest BCUT2D eigenvalue weighted by molar-refractivity contribution is -0.181. The van der Waals surface area contributed by atoms with E-state index in [2.05, 4.69) is 0 Å². The van der Waals surface area contributed by atoms with Crippen LogP contribution in [0.4, 0.5) is 0 Å². The molecule has 0 aromatic heterocycles. The van der Waals surface area contributed by atoms with Crippen molar-refractivity contribution in [2.45, 2.75) is 24.6 Å². The Bertz CT molecular complexity index is 1000. The first-order chi connectivity index (χ1) is 15.6. The summed E-state index contributed by atoms with van der Waals surface area (Å²) < 4.78 is 0. The minimum Gasteiger partial charge on any atom is -0.829 e. The Morgan fingerprint density at radius 1 is 0.344 bits per heavy atom. The summed E-state index contributed by atoms with van der Waals surface area (Å²) in [6.45, 7) is -6.32. The molecule has 0 bridgehead atoms. The van der Waals surface area contributed by atoms with E-state index in [-0.39, 0.29) is 0 Å². The van der Waals surface area contributed by atoms with E-state index >= 15 is 0 Å². The second-order valence-electron chi connectivity index (χ2n) is 8.27. The summed E-state index contributed by atoms with van der Waals surface area (Å²) >= 11 is 0. The molecule has 0 fully saturated rings. The van der Waals surface area contributed by atoms with Crippen LogP contribution in [0.25, 0.3) is 0 Å². The molecule has 0 aliphatic rings. The van der Waals surface area contributed by atoms with Gasteiger partial charge in [0.25, 0.3) is 0 Å². The van der Waals surface area contributed by atoms with Gasteiger partial charge in [0.1, 0.15) is 0 Å². The van der Waals surface area contributed by atoms with Crippen molar-refractivity contribution < 1.29 is 9.79 Å². The van der Waals surface area contributed by atoms with E-state index in [9.17, 15) is 9.79 Å². The molecule has 0 heterocycles. The van der Waals surface area contributed by atoms with Crippen LogP contribution in [0.5, 0.6) is 0 Å². The summed E-state index contributed by atoms with van der Waals surface area (Å²) in [7, 11) is 0. The predicted octanol–water partition coefficient (Wildman–Crippen LogP) is 6.29. The lowest BCUT2D eigenvalue weighted by Crippen LogP contribution is -2.18. The van der Waals surface area contributed by atoms with E-state index < -0.39 is 13.6 Å². The Labute approximate surface area is 191 Å². The molecule has 0 N–H and O–H groups in total. The van der Waals surface area contributed by atoms with E-state index in [1.807, 2.05) is 121 Å². The number of hydrogen-bond donors (Lipinski definition) is 0. The molecule has 0 atom stereocenters. The summed E-state index contributed by atoms with van der Waals surface area (Å²) in [5.41, 5.74) is 3.92. The van der Waals surface area contributed by atoms with E-state index in [0.29, 0.717) is 24.6 Å². The van der Waals surface area contributed by atoms with Crippen LogP contribution in [0.15, 0.2) is 121 Å². The third kappa shape index (κ3) is 5.71. The molecule has 4 heteroatoms. The van der Waals surface area contributed by atoms with E-state index in [0.717, 1.165) is 22.3 Å². The molecule has 0 saturated carbocycles. The van der Waals surface area contributed by atoms with Gasteiger partial charge in [0.15, 0.2) is 0 Å². The first kappa shape index (κ1) is 22.8. The van der Waals surface area contributed by atoms with Gasteiger partial charge in [-0.25, -0.2) is 0 Å². The molecular formula is C28H28O2P2-2. The van der Waals surface area contributed by atoms with E-state index in [1.54, 1.807) is 0 Å². The molecule has 164 valence electrons.